The van der Waals surface area contributed by atoms with Crippen molar-refractivity contribution in [3.8, 4) is 0 Å². The van der Waals surface area contributed by atoms with Gasteiger partial charge in [-0.15, -0.1) is 0 Å². The normalized spacial score (nSPS) is 15.6. The van der Waals surface area contributed by atoms with Gasteiger partial charge in [-0.3, -0.25) is 18.7 Å². The van der Waals surface area contributed by atoms with Crippen molar-refractivity contribution in [2.45, 2.75) is 6.54 Å². The van der Waals surface area contributed by atoms with E-state index in [1.165, 1.54) is 23.4 Å². The number of imidazole rings is 1. The third kappa shape index (κ3) is 3.10. The Labute approximate surface area is 168 Å². The predicted octanol–water partition coefficient (Wildman–Crippen LogP) is 0.971. The molecule has 3 heterocycles. The Balaban J connectivity index is 1.65. The summed E-state index contributed by atoms with van der Waals surface area (Å²) in [7, 11) is 3.04. The summed E-state index contributed by atoms with van der Waals surface area (Å²) in [6, 6.07) is 7.62. The first-order valence-electron chi connectivity index (χ1n) is 8.30. The van der Waals surface area contributed by atoms with Crippen molar-refractivity contribution in [2.75, 3.05) is 0 Å². The van der Waals surface area contributed by atoms with E-state index in [-0.39, 0.29) is 11.5 Å². The Morgan fingerprint density at radius 3 is 2.50 bits per heavy atom. The number of hydrogen-bond acceptors (Lipinski definition) is 6. The van der Waals surface area contributed by atoms with Crippen molar-refractivity contribution >= 4 is 51.4 Å². The van der Waals surface area contributed by atoms with E-state index in [1.807, 2.05) is 24.3 Å². The van der Waals surface area contributed by atoms with Gasteiger partial charge >= 0.3 is 5.69 Å². The van der Waals surface area contributed by atoms with Crippen LogP contribution in [0.5, 0.6) is 0 Å². The molecule has 0 aliphatic carbocycles. The average Bonchev–Trinajstić information content (AvgIpc) is 3.22. The number of carbonyl (C=O) groups excluding carboxylic acids is 1. The highest BCUT2D eigenvalue weighted by Crippen LogP contribution is 2.26. The summed E-state index contributed by atoms with van der Waals surface area (Å²) in [4.78, 5) is 41.1. The van der Waals surface area contributed by atoms with Gasteiger partial charge in [-0.05, 0) is 17.2 Å². The van der Waals surface area contributed by atoms with Crippen LogP contribution in [0.25, 0.3) is 17.2 Å². The first-order chi connectivity index (χ1) is 13.3. The first kappa shape index (κ1) is 18.4. The lowest BCUT2D eigenvalue weighted by Gasteiger charge is -2.07. The van der Waals surface area contributed by atoms with Crippen LogP contribution in [0.2, 0.25) is 0 Å². The minimum atomic E-state index is -0.409. The number of thioether (sulfide) groups is 1. The number of aromatic nitrogens is 4. The second-order valence-electron chi connectivity index (χ2n) is 6.34. The molecule has 3 aromatic rings. The average molecular weight is 413 g/mol. The maximum absolute atomic E-state index is 12.5. The number of benzene rings is 1. The zero-order valence-corrected chi connectivity index (χ0v) is 16.6. The van der Waals surface area contributed by atoms with Gasteiger partial charge in [0.2, 0.25) is 0 Å². The van der Waals surface area contributed by atoms with Gasteiger partial charge in [-0.1, -0.05) is 48.2 Å². The topological polar surface area (TPSA) is 90.9 Å². The lowest BCUT2D eigenvalue weighted by Crippen LogP contribution is -2.37. The molecule has 0 unspecified atom stereocenters. The minimum Gasteiger partial charge on any atom is -0.320 e. The fraction of sp³-hybridized carbons (Fsp3) is 0.167. The van der Waals surface area contributed by atoms with E-state index in [9.17, 15) is 14.4 Å². The van der Waals surface area contributed by atoms with Gasteiger partial charge in [0.05, 0.1) is 11.2 Å². The monoisotopic (exact) mass is 413 g/mol. The van der Waals surface area contributed by atoms with Crippen LogP contribution < -0.4 is 16.6 Å². The Kier molecular flexibility index (Phi) is 4.52. The molecule has 1 N–H and O–H groups in total. The zero-order chi connectivity index (χ0) is 20.0. The van der Waals surface area contributed by atoms with Crippen LogP contribution in [0.3, 0.4) is 0 Å². The molecule has 8 nitrogen and oxygen atoms in total. The molecule has 0 bridgehead atoms. The number of fused-ring (bicyclic) bond motifs is 1. The molecule has 1 aliphatic heterocycles. The second kappa shape index (κ2) is 6.88. The van der Waals surface area contributed by atoms with Gasteiger partial charge in [0.1, 0.15) is 4.32 Å². The highest BCUT2D eigenvalue weighted by atomic mass is 32.2. The standard InChI is InChI=1S/C18H15N5O3S2/c1-21-14-13(16(25)22(2)18(21)26)23(9-19-14)8-11-5-3-10(4-6-11)7-12-15(24)20-17(27)28-12/h3-7,9H,8H2,1-2H3,(H,20,24,27)/b12-7-. The highest BCUT2D eigenvalue weighted by Gasteiger charge is 2.21. The third-order valence-corrected chi connectivity index (χ3v) is 5.65. The van der Waals surface area contributed by atoms with Gasteiger partial charge < -0.3 is 9.88 Å². The van der Waals surface area contributed by atoms with E-state index in [0.717, 1.165) is 15.7 Å². The fourth-order valence-corrected chi connectivity index (χ4v) is 4.05. The van der Waals surface area contributed by atoms with Crippen molar-refractivity contribution < 1.29 is 4.79 Å². The van der Waals surface area contributed by atoms with Gasteiger partial charge in [-0.2, -0.15) is 0 Å². The minimum absolute atomic E-state index is 0.189. The fourth-order valence-electron chi connectivity index (χ4n) is 3.01. The summed E-state index contributed by atoms with van der Waals surface area (Å²) in [6.07, 6.45) is 3.34. The van der Waals surface area contributed by atoms with Crippen LogP contribution in [-0.2, 0) is 25.4 Å². The lowest BCUT2D eigenvalue weighted by molar-refractivity contribution is -0.115. The molecular formula is C18H15N5O3S2. The van der Waals surface area contributed by atoms with Gasteiger partial charge in [0.25, 0.3) is 11.5 Å². The molecule has 1 aliphatic rings. The lowest BCUT2D eigenvalue weighted by atomic mass is 10.1. The molecule has 0 saturated carbocycles. The summed E-state index contributed by atoms with van der Waals surface area (Å²) >= 11 is 6.22. The van der Waals surface area contributed by atoms with Crippen molar-refractivity contribution in [1.29, 1.82) is 0 Å². The van der Waals surface area contributed by atoms with Crippen LogP contribution in [0.4, 0.5) is 0 Å². The van der Waals surface area contributed by atoms with E-state index >= 15 is 0 Å². The van der Waals surface area contributed by atoms with E-state index in [2.05, 4.69) is 10.3 Å². The summed E-state index contributed by atoms with van der Waals surface area (Å²) in [5.74, 6) is -0.189. The molecule has 1 amide bonds. The van der Waals surface area contributed by atoms with Crippen LogP contribution >= 0.6 is 24.0 Å². The molecular weight excluding hydrogens is 398 g/mol. The number of carbonyl (C=O) groups is 1. The quantitative estimate of drug-likeness (QED) is 0.508. The molecule has 0 atom stereocenters. The molecule has 142 valence electrons. The molecule has 1 aromatic carbocycles. The van der Waals surface area contributed by atoms with Crippen molar-refractivity contribution in [3.63, 3.8) is 0 Å². The molecule has 28 heavy (non-hydrogen) atoms. The molecule has 1 fully saturated rings. The molecule has 4 rings (SSSR count). The summed E-state index contributed by atoms with van der Waals surface area (Å²) < 4.78 is 4.61. The van der Waals surface area contributed by atoms with Crippen LogP contribution in [-0.4, -0.2) is 28.9 Å². The van der Waals surface area contributed by atoms with Crippen molar-refractivity contribution in [3.05, 3.63) is 67.5 Å². The van der Waals surface area contributed by atoms with Gasteiger partial charge in [-0.25, -0.2) is 9.78 Å². The third-order valence-electron chi connectivity index (χ3n) is 4.49. The second-order valence-corrected chi connectivity index (χ2v) is 8.06. The Morgan fingerprint density at radius 2 is 1.86 bits per heavy atom. The number of amides is 1. The summed E-state index contributed by atoms with van der Waals surface area (Å²) in [6.45, 7) is 0.431. The van der Waals surface area contributed by atoms with Gasteiger partial charge in [0, 0.05) is 20.6 Å². The van der Waals surface area contributed by atoms with E-state index in [4.69, 9.17) is 12.2 Å². The highest BCUT2D eigenvalue weighted by molar-refractivity contribution is 8.26. The smallest absolute Gasteiger partial charge is 0.320 e. The van der Waals surface area contributed by atoms with Gasteiger partial charge in [0.15, 0.2) is 11.2 Å². The van der Waals surface area contributed by atoms with Crippen molar-refractivity contribution in [2.24, 2.45) is 14.1 Å². The van der Waals surface area contributed by atoms with E-state index in [1.54, 1.807) is 24.0 Å². The zero-order valence-electron chi connectivity index (χ0n) is 15.0. The van der Waals surface area contributed by atoms with Crippen LogP contribution in [0.1, 0.15) is 11.1 Å². The van der Waals surface area contributed by atoms with Crippen molar-refractivity contribution in [1.82, 2.24) is 24.0 Å². The molecule has 2 aromatic heterocycles. The Morgan fingerprint density at radius 1 is 1.14 bits per heavy atom. The molecule has 10 heteroatoms. The maximum atomic E-state index is 12.5. The largest absolute Gasteiger partial charge is 0.332 e. The SMILES string of the molecule is Cn1c(=O)c2c(ncn2Cc2ccc(/C=C3\SC(=S)NC3=O)cc2)n(C)c1=O. The number of thiocarbonyl (C=S) groups is 1. The predicted molar refractivity (Wildman–Crippen MR) is 112 cm³/mol. The number of rotatable bonds is 3. The van der Waals surface area contributed by atoms with Crippen LogP contribution in [0.15, 0.2) is 45.1 Å². The number of aryl methyl sites for hydroxylation is 1. The van der Waals surface area contributed by atoms with Crippen LogP contribution in [0, 0.1) is 0 Å². The first-order valence-corrected chi connectivity index (χ1v) is 9.52. The van der Waals surface area contributed by atoms with E-state index in [0.29, 0.717) is 26.9 Å². The number of nitrogens with one attached hydrogen (secondary N) is 1. The summed E-state index contributed by atoms with van der Waals surface area (Å²) in [5.41, 5.74) is 1.78. The van der Waals surface area contributed by atoms with E-state index < -0.39 is 5.69 Å². The number of nitrogens with zero attached hydrogens (tertiary/aromatic N) is 4. The Hall–Kier alpha value is -2.98. The number of hydrogen-bond donors (Lipinski definition) is 1. The molecule has 0 radical (unpaired) electrons. The Bertz CT molecular complexity index is 1280. The molecule has 1 saturated heterocycles. The maximum Gasteiger partial charge on any atom is 0.332 e. The summed E-state index contributed by atoms with van der Waals surface area (Å²) in [5, 5.41) is 2.58. The molecule has 0 spiro atoms.